The summed E-state index contributed by atoms with van der Waals surface area (Å²) in [6.45, 7) is 0. The van der Waals surface area contributed by atoms with Crippen LogP contribution in [0.15, 0.2) is 40.9 Å². The van der Waals surface area contributed by atoms with Crippen molar-refractivity contribution in [2.75, 3.05) is 12.0 Å². The van der Waals surface area contributed by atoms with Crippen LogP contribution >= 0.6 is 23.2 Å². The van der Waals surface area contributed by atoms with Gasteiger partial charge in [-0.1, -0.05) is 34.4 Å². The number of rotatable bonds is 7. The molecule has 0 amide bonds. The van der Waals surface area contributed by atoms with Crippen molar-refractivity contribution in [2.45, 2.75) is 62.6 Å². The molecule has 3 fully saturated rings. The predicted octanol–water partition coefficient (Wildman–Crippen LogP) is 6.59. The summed E-state index contributed by atoms with van der Waals surface area (Å²) in [5.74, 6) is -0.276. The predicted molar refractivity (Wildman–Crippen MR) is 142 cm³/mol. The van der Waals surface area contributed by atoms with Gasteiger partial charge in [0.1, 0.15) is 23.1 Å². The Morgan fingerprint density at radius 2 is 1.74 bits per heavy atom. The van der Waals surface area contributed by atoms with Crippen LogP contribution in [0, 0.1) is 0 Å². The lowest BCUT2D eigenvalue weighted by Gasteiger charge is -2.40. The molecule has 10 heteroatoms. The Kier molecular flexibility index (Phi) is 6.48. The second-order valence-corrected chi connectivity index (χ2v) is 10.9. The number of hydrogen-bond donors (Lipinski definition) is 1. The molecule has 198 valence electrons. The Labute approximate surface area is 229 Å². The van der Waals surface area contributed by atoms with Crippen molar-refractivity contribution in [3.05, 3.63) is 63.3 Å². The van der Waals surface area contributed by atoms with Crippen molar-refractivity contribution in [1.82, 2.24) is 5.16 Å². The number of aromatic carboxylic acids is 1. The zero-order chi connectivity index (χ0) is 26.6. The average molecular weight is 557 g/mol. The highest BCUT2D eigenvalue weighted by Gasteiger charge is 2.44. The first-order valence-electron chi connectivity index (χ1n) is 12.7. The number of benzene rings is 2. The molecule has 2 unspecified atom stereocenters. The van der Waals surface area contributed by atoms with E-state index in [1.165, 1.54) is 0 Å². The van der Waals surface area contributed by atoms with E-state index >= 15 is 0 Å². The van der Waals surface area contributed by atoms with Crippen molar-refractivity contribution in [2.24, 2.45) is 0 Å². The van der Waals surface area contributed by atoms with Crippen molar-refractivity contribution in [1.29, 1.82) is 0 Å². The fraction of sp³-hybridized carbons (Fsp3) is 0.393. The van der Waals surface area contributed by atoms with Crippen LogP contribution in [0.25, 0.3) is 11.3 Å². The lowest BCUT2D eigenvalue weighted by Crippen LogP contribution is -2.46. The fourth-order valence-corrected chi connectivity index (χ4v) is 6.45. The van der Waals surface area contributed by atoms with Crippen LogP contribution in [-0.2, 0) is 4.74 Å². The lowest BCUT2D eigenvalue weighted by atomic mass is 9.97. The minimum Gasteiger partial charge on any atom is -0.495 e. The van der Waals surface area contributed by atoms with E-state index in [0.29, 0.717) is 51.2 Å². The van der Waals surface area contributed by atoms with E-state index in [4.69, 9.17) is 37.2 Å². The molecule has 6 rings (SSSR count). The molecular formula is C28H26Cl2N2O6. The molecule has 0 radical (unpaired) electrons. The number of nitrogens with zero attached hydrogens (tertiary/aromatic N) is 2. The van der Waals surface area contributed by atoms with E-state index in [1.807, 2.05) is 0 Å². The second-order valence-electron chi connectivity index (χ2n) is 10.1. The number of anilines is 1. The quantitative estimate of drug-likeness (QED) is 0.325. The molecule has 2 saturated heterocycles. The summed E-state index contributed by atoms with van der Waals surface area (Å²) in [5, 5.41) is 14.3. The van der Waals surface area contributed by atoms with Crippen LogP contribution in [0.4, 0.5) is 5.69 Å². The number of piperidine rings is 1. The minimum absolute atomic E-state index is 0.138. The Morgan fingerprint density at radius 1 is 1.05 bits per heavy atom. The summed E-state index contributed by atoms with van der Waals surface area (Å²) < 4.78 is 17.3. The molecular weight excluding hydrogens is 531 g/mol. The van der Waals surface area contributed by atoms with Gasteiger partial charge in [0, 0.05) is 36.4 Å². The highest BCUT2D eigenvalue weighted by atomic mass is 35.5. The number of carboxylic acid groups (broad SMARTS) is 1. The number of carbonyl (C=O) groups is 2. The molecule has 2 atom stereocenters. The molecule has 3 aliphatic rings. The number of esters is 1. The number of ether oxygens (including phenoxy) is 2. The molecule has 2 aliphatic heterocycles. The maximum atomic E-state index is 13.6. The smallest absolute Gasteiger partial charge is 0.344 e. The van der Waals surface area contributed by atoms with Crippen molar-refractivity contribution in [3.8, 4) is 17.0 Å². The molecule has 3 heterocycles. The highest BCUT2D eigenvalue weighted by molar-refractivity contribution is 6.39. The van der Waals surface area contributed by atoms with Gasteiger partial charge in [-0.2, -0.15) is 0 Å². The number of hydrogen-bond acceptors (Lipinski definition) is 7. The number of fused-ring (bicyclic) bond motifs is 2. The maximum absolute atomic E-state index is 13.6. The van der Waals surface area contributed by atoms with Gasteiger partial charge >= 0.3 is 11.9 Å². The van der Waals surface area contributed by atoms with Crippen molar-refractivity contribution >= 4 is 40.8 Å². The standard InChI is InChI=1S/C28H26Cl2N2O6/c1-36-22-11-15(27(33)34)7-10-21(22)32-16-8-9-17(32)13-18(12-16)37-28(35)24-25(31-38-26(24)14-5-6-14)23-19(29)3-2-4-20(23)30/h2-4,7,10-11,14,16-18H,5-6,8-9,12-13H2,1H3,(H,33,34). The van der Waals surface area contributed by atoms with Crippen LogP contribution in [0.2, 0.25) is 10.0 Å². The Hall–Kier alpha value is -3.23. The largest absolute Gasteiger partial charge is 0.495 e. The third kappa shape index (κ3) is 4.39. The van der Waals surface area contributed by atoms with Crippen molar-refractivity contribution < 1.29 is 28.7 Å². The van der Waals surface area contributed by atoms with Crippen LogP contribution in [0.3, 0.4) is 0 Å². The number of halogens is 2. The number of carbonyl (C=O) groups excluding carboxylic acids is 1. The number of aromatic nitrogens is 1. The lowest BCUT2D eigenvalue weighted by molar-refractivity contribution is 0.0202. The molecule has 1 aromatic heterocycles. The van der Waals surface area contributed by atoms with E-state index < -0.39 is 11.9 Å². The van der Waals surface area contributed by atoms with Gasteiger partial charge in [-0.3, -0.25) is 0 Å². The minimum atomic E-state index is -1.000. The average Bonchev–Trinajstić information content (AvgIpc) is 3.59. The number of carboxylic acids is 1. The van der Waals surface area contributed by atoms with E-state index in [-0.39, 0.29) is 29.7 Å². The Balaban J connectivity index is 1.25. The van der Waals surface area contributed by atoms with Crippen LogP contribution in [-0.4, -0.2) is 47.5 Å². The van der Waals surface area contributed by atoms with E-state index in [0.717, 1.165) is 31.4 Å². The van der Waals surface area contributed by atoms with Gasteiger partial charge < -0.3 is 24.0 Å². The molecule has 0 spiro atoms. The zero-order valence-electron chi connectivity index (χ0n) is 20.7. The number of methoxy groups -OCH3 is 1. The monoisotopic (exact) mass is 556 g/mol. The van der Waals surface area contributed by atoms with Gasteiger partial charge in [0.25, 0.3) is 0 Å². The van der Waals surface area contributed by atoms with Crippen LogP contribution in [0.1, 0.15) is 70.9 Å². The van der Waals surface area contributed by atoms with Gasteiger partial charge in [0.2, 0.25) is 0 Å². The fourth-order valence-electron chi connectivity index (χ4n) is 5.87. The first-order valence-corrected chi connectivity index (χ1v) is 13.5. The van der Waals surface area contributed by atoms with E-state index in [1.54, 1.807) is 43.5 Å². The van der Waals surface area contributed by atoms with E-state index in [2.05, 4.69) is 10.1 Å². The molecule has 1 N–H and O–H groups in total. The molecule has 38 heavy (non-hydrogen) atoms. The zero-order valence-corrected chi connectivity index (χ0v) is 22.2. The van der Waals surface area contributed by atoms with Gasteiger partial charge in [-0.25, -0.2) is 9.59 Å². The normalized spacial score (nSPS) is 22.4. The maximum Gasteiger partial charge on any atom is 0.344 e. The third-order valence-electron chi connectivity index (χ3n) is 7.74. The Bertz CT molecular complexity index is 1380. The molecule has 8 nitrogen and oxygen atoms in total. The Morgan fingerprint density at radius 3 is 2.34 bits per heavy atom. The summed E-state index contributed by atoms with van der Waals surface area (Å²) in [4.78, 5) is 27.3. The topological polar surface area (TPSA) is 102 Å². The summed E-state index contributed by atoms with van der Waals surface area (Å²) in [7, 11) is 1.54. The van der Waals surface area contributed by atoms with Gasteiger partial charge in [-0.05, 0) is 56.0 Å². The van der Waals surface area contributed by atoms with Crippen LogP contribution < -0.4 is 9.64 Å². The van der Waals surface area contributed by atoms with Crippen LogP contribution in [0.5, 0.6) is 5.75 Å². The van der Waals surface area contributed by atoms with Gasteiger partial charge in [0.05, 0.1) is 28.4 Å². The molecule has 2 bridgehead atoms. The molecule has 1 aliphatic carbocycles. The molecule has 1 saturated carbocycles. The highest BCUT2D eigenvalue weighted by Crippen LogP contribution is 2.47. The first kappa shape index (κ1) is 25.1. The van der Waals surface area contributed by atoms with Gasteiger partial charge in [-0.15, -0.1) is 0 Å². The summed E-state index contributed by atoms with van der Waals surface area (Å²) in [6.07, 6.45) is 4.77. The van der Waals surface area contributed by atoms with E-state index in [9.17, 15) is 14.7 Å². The van der Waals surface area contributed by atoms with Gasteiger partial charge in [0.15, 0.2) is 5.76 Å². The summed E-state index contributed by atoms with van der Waals surface area (Å²) >= 11 is 12.9. The summed E-state index contributed by atoms with van der Waals surface area (Å²) in [5.41, 5.74) is 2.13. The second kappa shape index (κ2) is 9.82. The van der Waals surface area contributed by atoms with Crippen molar-refractivity contribution in [3.63, 3.8) is 0 Å². The first-order chi connectivity index (χ1) is 18.4. The summed E-state index contributed by atoms with van der Waals surface area (Å²) in [6, 6.07) is 10.4. The molecule has 3 aromatic rings. The SMILES string of the molecule is COc1cc(C(=O)O)ccc1N1C2CCC1CC(OC(=O)c1c(-c3c(Cl)cccc3Cl)noc1C1CC1)C2. The molecule has 2 aromatic carbocycles. The third-order valence-corrected chi connectivity index (χ3v) is 8.37.